The van der Waals surface area contributed by atoms with Crippen LogP contribution in [0.3, 0.4) is 0 Å². The van der Waals surface area contributed by atoms with E-state index < -0.39 is 23.7 Å². The van der Waals surface area contributed by atoms with Crippen molar-refractivity contribution in [2.45, 2.75) is 18.9 Å². The van der Waals surface area contributed by atoms with Crippen molar-refractivity contribution in [3.63, 3.8) is 0 Å². The fraction of sp³-hybridized carbons (Fsp3) is 0.263. The molecule has 1 amide bonds. The summed E-state index contributed by atoms with van der Waals surface area (Å²) in [6.45, 7) is 0. The number of halogens is 2. The van der Waals surface area contributed by atoms with E-state index in [-0.39, 0.29) is 12.8 Å². The smallest absolute Gasteiger partial charge is 0.328 e. The number of methoxy groups -OCH3 is 2. The first kappa shape index (κ1) is 19.7. The van der Waals surface area contributed by atoms with Crippen molar-refractivity contribution in [3.05, 3.63) is 64.4 Å². The lowest BCUT2D eigenvalue weighted by Crippen LogP contribution is -2.43. The highest BCUT2D eigenvalue weighted by Crippen LogP contribution is 2.25. The molecule has 7 heteroatoms. The molecule has 5 nitrogen and oxygen atoms in total. The second kappa shape index (κ2) is 9.20. The number of benzene rings is 2. The van der Waals surface area contributed by atoms with E-state index in [4.69, 9.17) is 21.1 Å². The van der Waals surface area contributed by atoms with Crippen molar-refractivity contribution in [1.82, 2.24) is 5.32 Å². The number of esters is 1. The Labute approximate surface area is 156 Å². The monoisotopic (exact) mass is 379 g/mol. The Hall–Kier alpha value is -2.60. The molecule has 0 spiro atoms. The van der Waals surface area contributed by atoms with Crippen LogP contribution in [0.1, 0.15) is 11.1 Å². The summed E-state index contributed by atoms with van der Waals surface area (Å²) in [5.41, 5.74) is 1.25. The van der Waals surface area contributed by atoms with Gasteiger partial charge in [0.1, 0.15) is 17.6 Å². The predicted octanol–water partition coefficient (Wildman–Crippen LogP) is 2.93. The molecule has 2 aromatic rings. The Kier molecular flexibility index (Phi) is 6.97. The van der Waals surface area contributed by atoms with Crippen LogP contribution in [0.4, 0.5) is 4.39 Å². The Balaban J connectivity index is 2.08. The van der Waals surface area contributed by atoms with Crippen LogP contribution in [-0.2, 0) is 27.2 Å². The zero-order valence-corrected chi connectivity index (χ0v) is 15.2. The number of carbonyl (C=O) groups is 2. The molecule has 0 saturated carbocycles. The van der Waals surface area contributed by atoms with E-state index in [9.17, 15) is 14.0 Å². The molecule has 2 rings (SSSR count). The fourth-order valence-corrected chi connectivity index (χ4v) is 2.77. The molecule has 0 aliphatic rings. The number of carbonyl (C=O) groups excluding carboxylic acids is 2. The van der Waals surface area contributed by atoms with Gasteiger partial charge in [-0.05, 0) is 35.4 Å². The molecule has 138 valence electrons. The molecule has 0 unspecified atom stereocenters. The molecule has 0 saturated heterocycles. The molecule has 0 aliphatic carbocycles. The topological polar surface area (TPSA) is 64.6 Å². The first-order chi connectivity index (χ1) is 12.4. The Morgan fingerprint density at radius 3 is 2.54 bits per heavy atom. The Bertz CT molecular complexity index is 797. The summed E-state index contributed by atoms with van der Waals surface area (Å²) in [6.07, 6.45) is 0.153. The largest absolute Gasteiger partial charge is 0.495 e. The second-order valence-electron chi connectivity index (χ2n) is 5.62. The van der Waals surface area contributed by atoms with E-state index in [1.54, 1.807) is 24.3 Å². The second-order valence-corrected chi connectivity index (χ2v) is 6.03. The van der Waals surface area contributed by atoms with Gasteiger partial charge in [-0.3, -0.25) is 4.79 Å². The van der Waals surface area contributed by atoms with Gasteiger partial charge in [0.05, 0.1) is 25.7 Å². The summed E-state index contributed by atoms with van der Waals surface area (Å²) in [5.74, 6) is -0.900. The summed E-state index contributed by atoms with van der Waals surface area (Å²) in [5, 5.41) is 3.02. The number of rotatable bonds is 7. The Morgan fingerprint density at radius 2 is 1.92 bits per heavy atom. The van der Waals surface area contributed by atoms with E-state index in [1.807, 2.05) is 0 Å². The third-order valence-corrected chi connectivity index (χ3v) is 4.03. The summed E-state index contributed by atoms with van der Waals surface area (Å²) in [6, 6.07) is 9.94. The molecule has 0 fully saturated rings. The molecule has 0 heterocycles. The van der Waals surface area contributed by atoms with Crippen LogP contribution in [-0.4, -0.2) is 32.1 Å². The molecule has 0 aliphatic heterocycles. The molecular formula is C19H19ClFNO4. The highest BCUT2D eigenvalue weighted by molar-refractivity contribution is 6.32. The summed E-state index contributed by atoms with van der Waals surface area (Å²) in [7, 11) is 2.75. The highest BCUT2D eigenvalue weighted by Gasteiger charge is 2.22. The zero-order valence-electron chi connectivity index (χ0n) is 14.4. The van der Waals surface area contributed by atoms with Gasteiger partial charge in [-0.1, -0.05) is 29.8 Å². The summed E-state index contributed by atoms with van der Waals surface area (Å²) >= 11 is 6.09. The van der Waals surface area contributed by atoms with E-state index in [0.29, 0.717) is 16.3 Å². The average molecular weight is 380 g/mol. The first-order valence-electron chi connectivity index (χ1n) is 7.87. The maximum absolute atomic E-state index is 13.2. The van der Waals surface area contributed by atoms with Gasteiger partial charge in [-0.2, -0.15) is 0 Å². The Morgan fingerprint density at radius 1 is 1.15 bits per heavy atom. The van der Waals surface area contributed by atoms with Crippen LogP contribution >= 0.6 is 11.6 Å². The molecule has 0 bridgehead atoms. The fourth-order valence-electron chi connectivity index (χ4n) is 2.49. The maximum Gasteiger partial charge on any atom is 0.328 e. The van der Waals surface area contributed by atoms with E-state index in [1.165, 1.54) is 32.4 Å². The van der Waals surface area contributed by atoms with E-state index in [0.717, 1.165) is 5.56 Å². The lowest BCUT2D eigenvalue weighted by molar-refractivity contribution is -0.145. The van der Waals surface area contributed by atoms with Crippen LogP contribution < -0.4 is 10.1 Å². The van der Waals surface area contributed by atoms with Crippen molar-refractivity contribution in [2.24, 2.45) is 0 Å². The summed E-state index contributed by atoms with van der Waals surface area (Å²) in [4.78, 5) is 24.2. The van der Waals surface area contributed by atoms with Crippen molar-refractivity contribution in [2.75, 3.05) is 14.2 Å². The molecule has 26 heavy (non-hydrogen) atoms. The number of nitrogens with one attached hydrogen (secondary N) is 1. The van der Waals surface area contributed by atoms with Crippen molar-refractivity contribution in [1.29, 1.82) is 0 Å². The third-order valence-electron chi connectivity index (χ3n) is 3.73. The number of ether oxygens (including phenoxy) is 2. The maximum atomic E-state index is 13.2. The minimum atomic E-state index is -0.884. The quantitative estimate of drug-likeness (QED) is 0.751. The van der Waals surface area contributed by atoms with E-state index >= 15 is 0 Å². The molecule has 0 radical (unpaired) electrons. The normalized spacial score (nSPS) is 11.5. The minimum absolute atomic E-state index is 0.0470. The predicted molar refractivity (Wildman–Crippen MR) is 95.8 cm³/mol. The van der Waals surface area contributed by atoms with Crippen LogP contribution in [0.15, 0.2) is 42.5 Å². The molecule has 1 atom stereocenters. The van der Waals surface area contributed by atoms with Crippen LogP contribution in [0.25, 0.3) is 0 Å². The van der Waals surface area contributed by atoms with Crippen molar-refractivity contribution >= 4 is 23.5 Å². The molecule has 0 aromatic heterocycles. The highest BCUT2D eigenvalue weighted by atomic mass is 35.5. The number of hydrogen-bond acceptors (Lipinski definition) is 4. The van der Waals surface area contributed by atoms with Crippen molar-refractivity contribution in [3.8, 4) is 5.75 Å². The third kappa shape index (κ3) is 5.46. The lowest BCUT2D eigenvalue weighted by Gasteiger charge is -2.17. The molecule has 1 N–H and O–H groups in total. The van der Waals surface area contributed by atoms with Gasteiger partial charge in [-0.15, -0.1) is 0 Å². The van der Waals surface area contributed by atoms with Gasteiger partial charge in [0.2, 0.25) is 5.91 Å². The van der Waals surface area contributed by atoms with Gasteiger partial charge in [0, 0.05) is 6.42 Å². The van der Waals surface area contributed by atoms with Gasteiger partial charge < -0.3 is 14.8 Å². The SMILES string of the molecule is COC(=O)[C@@H](Cc1ccc(OC)c(Cl)c1)NC(=O)Cc1cccc(F)c1. The number of hydrogen-bond donors (Lipinski definition) is 1. The van der Waals surface area contributed by atoms with Crippen molar-refractivity contribution < 1.29 is 23.5 Å². The van der Waals surface area contributed by atoms with Gasteiger partial charge in [-0.25, -0.2) is 9.18 Å². The van der Waals surface area contributed by atoms with Crippen LogP contribution in [0.5, 0.6) is 5.75 Å². The minimum Gasteiger partial charge on any atom is -0.495 e. The van der Waals surface area contributed by atoms with Gasteiger partial charge >= 0.3 is 5.97 Å². The first-order valence-corrected chi connectivity index (χ1v) is 8.24. The number of amides is 1. The zero-order chi connectivity index (χ0) is 19.1. The average Bonchev–Trinajstić information content (AvgIpc) is 2.60. The van der Waals surface area contributed by atoms with Gasteiger partial charge in [0.15, 0.2) is 0 Å². The van der Waals surface area contributed by atoms with Crippen LogP contribution in [0, 0.1) is 5.82 Å². The van der Waals surface area contributed by atoms with E-state index in [2.05, 4.69) is 5.32 Å². The van der Waals surface area contributed by atoms with Gasteiger partial charge in [0.25, 0.3) is 0 Å². The standard InChI is InChI=1S/C19H19ClFNO4/c1-25-17-7-6-13(9-15(17)20)10-16(19(24)26-2)22-18(23)11-12-4-3-5-14(21)8-12/h3-9,16H,10-11H2,1-2H3,(H,22,23)/t16-/m1/s1. The van der Waals surface area contributed by atoms with Crippen LogP contribution in [0.2, 0.25) is 5.02 Å². The lowest BCUT2D eigenvalue weighted by atomic mass is 10.0. The molecule has 2 aromatic carbocycles. The molecular weight excluding hydrogens is 361 g/mol. The summed E-state index contributed by atoms with van der Waals surface area (Å²) < 4.78 is 23.1.